The molecule has 5 nitrogen and oxygen atoms in total. The maximum Gasteiger partial charge on any atom is 0.296 e. The van der Waals surface area contributed by atoms with Crippen molar-refractivity contribution in [3.8, 4) is 16.9 Å². The Kier molecular flexibility index (Phi) is 5.15. The molecule has 144 valence electrons. The van der Waals surface area contributed by atoms with Crippen LogP contribution >= 0.6 is 0 Å². The third-order valence-electron chi connectivity index (χ3n) is 5.21. The number of amides is 1. The normalized spacial score (nSPS) is 14.2. The fourth-order valence-corrected chi connectivity index (χ4v) is 3.81. The van der Waals surface area contributed by atoms with Gasteiger partial charge in [0.2, 0.25) is 0 Å². The molecular formula is C23H24N2O3. The molecular weight excluding hydrogens is 352 g/mol. The van der Waals surface area contributed by atoms with Crippen molar-refractivity contribution in [2.75, 3.05) is 19.7 Å². The van der Waals surface area contributed by atoms with Gasteiger partial charge in [-0.05, 0) is 62.1 Å². The van der Waals surface area contributed by atoms with Gasteiger partial charge < -0.3 is 14.0 Å². The highest BCUT2D eigenvalue weighted by Crippen LogP contribution is 2.30. The van der Waals surface area contributed by atoms with Crippen LogP contribution in [0.15, 0.2) is 54.7 Å². The van der Waals surface area contributed by atoms with Crippen LogP contribution in [-0.4, -0.2) is 40.7 Å². The Morgan fingerprint density at radius 2 is 1.75 bits per heavy atom. The average molecular weight is 376 g/mol. The summed E-state index contributed by atoms with van der Waals surface area (Å²) >= 11 is 0. The number of carbonyl (C=O) groups is 2. The quantitative estimate of drug-likeness (QED) is 0.495. The Morgan fingerprint density at radius 1 is 1.00 bits per heavy atom. The zero-order valence-electron chi connectivity index (χ0n) is 16.1. The van der Waals surface area contributed by atoms with Crippen LogP contribution in [0.3, 0.4) is 0 Å². The fourth-order valence-electron chi connectivity index (χ4n) is 3.81. The van der Waals surface area contributed by atoms with Crippen LogP contribution in [0.5, 0.6) is 5.75 Å². The van der Waals surface area contributed by atoms with Crippen molar-refractivity contribution in [2.45, 2.75) is 26.2 Å². The molecule has 4 rings (SSSR count). The van der Waals surface area contributed by atoms with E-state index in [9.17, 15) is 9.59 Å². The summed E-state index contributed by atoms with van der Waals surface area (Å²) in [6.07, 6.45) is 4.87. The SMILES string of the molecule is CCOc1ccc(-c2cc3ccccn3c2C(=O)C(=O)N2CCCCC2)cc1. The van der Waals surface area contributed by atoms with Crippen LogP contribution < -0.4 is 4.74 Å². The highest BCUT2D eigenvalue weighted by Gasteiger charge is 2.29. The minimum absolute atomic E-state index is 0.407. The molecule has 1 amide bonds. The Hall–Kier alpha value is -3.08. The second kappa shape index (κ2) is 7.89. The summed E-state index contributed by atoms with van der Waals surface area (Å²) in [4.78, 5) is 27.8. The van der Waals surface area contributed by atoms with E-state index in [0.717, 1.165) is 41.7 Å². The highest BCUT2D eigenvalue weighted by molar-refractivity contribution is 6.43. The van der Waals surface area contributed by atoms with Gasteiger partial charge in [-0.1, -0.05) is 18.2 Å². The van der Waals surface area contributed by atoms with Crippen LogP contribution in [0.2, 0.25) is 0 Å². The summed E-state index contributed by atoms with van der Waals surface area (Å²) in [5.41, 5.74) is 2.98. The number of fused-ring (bicyclic) bond motifs is 1. The molecule has 5 heteroatoms. The molecule has 1 aliphatic rings. The zero-order valence-corrected chi connectivity index (χ0v) is 16.1. The summed E-state index contributed by atoms with van der Waals surface area (Å²) in [7, 11) is 0. The van der Waals surface area contributed by atoms with E-state index in [1.165, 1.54) is 0 Å². The van der Waals surface area contributed by atoms with Gasteiger partial charge in [0.25, 0.3) is 11.7 Å². The van der Waals surface area contributed by atoms with Crippen molar-refractivity contribution in [1.82, 2.24) is 9.30 Å². The molecule has 0 atom stereocenters. The van der Waals surface area contributed by atoms with Crippen molar-refractivity contribution in [3.63, 3.8) is 0 Å². The number of hydrogen-bond acceptors (Lipinski definition) is 3. The van der Waals surface area contributed by atoms with Crippen LogP contribution in [0.25, 0.3) is 16.6 Å². The summed E-state index contributed by atoms with van der Waals surface area (Å²) in [5.74, 6) is -0.0694. The van der Waals surface area contributed by atoms with Gasteiger partial charge in [-0.25, -0.2) is 0 Å². The second-order valence-electron chi connectivity index (χ2n) is 7.04. The number of rotatable bonds is 5. The number of Topliss-reactive ketones (excluding diaryl/α,β-unsaturated/α-hetero) is 1. The molecule has 3 heterocycles. The number of ketones is 1. The molecule has 1 fully saturated rings. The monoisotopic (exact) mass is 376 g/mol. The molecule has 28 heavy (non-hydrogen) atoms. The fraction of sp³-hybridized carbons (Fsp3) is 0.304. The summed E-state index contributed by atoms with van der Waals surface area (Å²) in [6, 6.07) is 15.4. The number of likely N-dealkylation sites (tertiary alicyclic amines) is 1. The van der Waals surface area contributed by atoms with Crippen LogP contribution in [0.4, 0.5) is 0 Å². The number of pyridine rings is 1. The van der Waals surface area contributed by atoms with E-state index in [1.807, 2.05) is 66.1 Å². The maximum absolute atomic E-state index is 13.2. The first-order valence-electron chi connectivity index (χ1n) is 9.86. The molecule has 0 unspecified atom stereocenters. The van der Waals surface area contributed by atoms with Crippen molar-refractivity contribution in [2.24, 2.45) is 0 Å². The Bertz CT molecular complexity index is 998. The molecule has 1 aliphatic heterocycles. The number of nitrogens with zero attached hydrogens (tertiary/aromatic N) is 2. The second-order valence-corrected chi connectivity index (χ2v) is 7.04. The summed E-state index contributed by atoms with van der Waals surface area (Å²) in [5, 5.41) is 0. The van der Waals surface area contributed by atoms with E-state index >= 15 is 0 Å². The third-order valence-corrected chi connectivity index (χ3v) is 5.21. The van der Waals surface area contributed by atoms with E-state index in [1.54, 1.807) is 4.90 Å². The van der Waals surface area contributed by atoms with E-state index in [-0.39, 0.29) is 0 Å². The standard InChI is InChI=1S/C23H24N2O3/c1-2-28-19-11-9-17(10-12-19)20-16-18-8-4-7-15-25(18)21(20)22(26)23(27)24-13-5-3-6-14-24/h4,7-12,15-16H,2-3,5-6,13-14H2,1H3. The van der Waals surface area contributed by atoms with E-state index in [4.69, 9.17) is 4.74 Å². The lowest BCUT2D eigenvalue weighted by Gasteiger charge is -2.26. The Balaban J connectivity index is 1.76. The average Bonchev–Trinajstić information content (AvgIpc) is 3.13. The van der Waals surface area contributed by atoms with E-state index in [2.05, 4.69) is 0 Å². The molecule has 0 radical (unpaired) electrons. The van der Waals surface area contributed by atoms with Gasteiger partial charge in [0, 0.05) is 30.4 Å². The number of piperidine rings is 1. The largest absolute Gasteiger partial charge is 0.494 e. The number of aromatic nitrogens is 1. The molecule has 0 saturated carbocycles. The van der Waals surface area contributed by atoms with E-state index in [0.29, 0.717) is 25.4 Å². The van der Waals surface area contributed by atoms with E-state index < -0.39 is 11.7 Å². The van der Waals surface area contributed by atoms with Crippen molar-refractivity contribution >= 4 is 17.2 Å². The van der Waals surface area contributed by atoms with Gasteiger partial charge in [-0.3, -0.25) is 9.59 Å². The lowest BCUT2D eigenvalue weighted by atomic mass is 10.0. The molecule has 0 N–H and O–H groups in total. The lowest BCUT2D eigenvalue weighted by Crippen LogP contribution is -2.40. The summed E-state index contributed by atoms with van der Waals surface area (Å²) in [6.45, 7) is 3.86. The first-order chi connectivity index (χ1) is 13.7. The molecule has 0 aliphatic carbocycles. The first kappa shape index (κ1) is 18.3. The molecule has 1 aromatic carbocycles. The van der Waals surface area contributed by atoms with Crippen LogP contribution in [0, 0.1) is 0 Å². The van der Waals surface area contributed by atoms with Crippen LogP contribution in [-0.2, 0) is 4.79 Å². The first-order valence-corrected chi connectivity index (χ1v) is 9.86. The predicted molar refractivity (Wildman–Crippen MR) is 109 cm³/mol. The number of hydrogen-bond donors (Lipinski definition) is 0. The van der Waals surface area contributed by atoms with Gasteiger partial charge >= 0.3 is 0 Å². The topological polar surface area (TPSA) is 51.0 Å². The number of carbonyl (C=O) groups excluding carboxylic acids is 2. The van der Waals surface area contributed by atoms with Crippen molar-refractivity contribution in [1.29, 1.82) is 0 Å². The molecule has 3 aromatic rings. The minimum atomic E-state index is -0.447. The molecule has 0 bridgehead atoms. The minimum Gasteiger partial charge on any atom is -0.494 e. The zero-order chi connectivity index (χ0) is 19.5. The van der Waals surface area contributed by atoms with Crippen molar-refractivity contribution in [3.05, 3.63) is 60.4 Å². The molecule has 0 spiro atoms. The van der Waals surface area contributed by atoms with Gasteiger partial charge in [0.15, 0.2) is 0 Å². The highest BCUT2D eigenvalue weighted by atomic mass is 16.5. The Morgan fingerprint density at radius 3 is 2.46 bits per heavy atom. The van der Waals surface area contributed by atoms with Gasteiger partial charge in [-0.2, -0.15) is 0 Å². The van der Waals surface area contributed by atoms with Gasteiger partial charge in [0.1, 0.15) is 11.4 Å². The predicted octanol–water partition coefficient (Wildman–Crippen LogP) is 4.20. The lowest BCUT2D eigenvalue weighted by molar-refractivity contribution is -0.127. The van der Waals surface area contributed by atoms with Crippen LogP contribution in [0.1, 0.15) is 36.7 Å². The molecule has 2 aromatic heterocycles. The maximum atomic E-state index is 13.2. The van der Waals surface area contributed by atoms with Gasteiger partial charge in [0.05, 0.1) is 6.61 Å². The van der Waals surface area contributed by atoms with Crippen molar-refractivity contribution < 1.29 is 14.3 Å². The van der Waals surface area contributed by atoms with Gasteiger partial charge in [-0.15, -0.1) is 0 Å². The Labute approximate surface area is 164 Å². The summed E-state index contributed by atoms with van der Waals surface area (Å²) < 4.78 is 7.33. The molecule has 1 saturated heterocycles. The number of ether oxygens (including phenoxy) is 1. The third kappa shape index (κ3) is 3.40. The number of benzene rings is 1. The smallest absolute Gasteiger partial charge is 0.296 e.